The largest absolute Gasteiger partial charge is 0.504 e. The van der Waals surface area contributed by atoms with Gasteiger partial charge in [0.05, 0.1) is 0 Å². The summed E-state index contributed by atoms with van der Waals surface area (Å²) < 4.78 is 39.0. The van der Waals surface area contributed by atoms with Gasteiger partial charge in [0.25, 0.3) is 5.24 Å². The molecule has 1 saturated heterocycles. The Morgan fingerprint density at radius 3 is 2.39 bits per heavy atom. The van der Waals surface area contributed by atoms with Crippen LogP contribution in [0.2, 0.25) is 0 Å². The van der Waals surface area contributed by atoms with Gasteiger partial charge in [-0.25, -0.2) is 0 Å². The van der Waals surface area contributed by atoms with Crippen molar-refractivity contribution in [3.63, 3.8) is 0 Å². The van der Waals surface area contributed by atoms with Gasteiger partial charge in [-0.1, -0.05) is 25.7 Å². The summed E-state index contributed by atoms with van der Waals surface area (Å²) in [4.78, 5) is 13.8. The summed E-state index contributed by atoms with van der Waals surface area (Å²) in [5.74, 6) is -1.86. The van der Waals surface area contributed by atoms with Gasteiger partial charge in [-0.3, -0.25) is 4.79 Å². The van der Waals surface area contributed by atoms with Crippen LogP contribution in [0.5, 0.6) is 11.5 Å². The summed E-state index contributed by atoms with van der Waals surface area (Å²) in [6.45, 7) is 0.416. The van der Waals surface area contributed by atoms with E-state index in [4.69, 9.17) is 0 Å². The predicted octanol–water partition coefficient (Wildman–Crippen LogP) is 4.92. The van der Waals surface area contributed by atoms with Crippen LogP contribution >= 0.6 is 11.8 Å². The maximum atomic E-state index is 13.0. The van der Waals surface area contributed by atoms with E-state index in [1.807, 2.05) is 0 Å². The van der Waals surface area contributed by atoms with Gasteiger partial charge < -0.3 is 20.2 Å². The molecule has 0 radical (unpaired) electrons. The average molecular weight is 417 g/mol. The highest BCUT2D eigenvalue weighted by Gasteiger charge is 2.38. The highest BCUT2D eigenvalue weighted by atomic mass is 32.2. The lowest BCUT2D eigenvalue weighted by Gasteiger charge is -2.25. The van der Waals surface area contributed by atoms with Crippen molar-refractivity contribution in [3.8, 4) is 11.5 Å². The zero-order valence-corrected chi connectivity index (χ0v) is 15.9. The minimum atomic E-state index is -4.85. The number of phenols is 2. The van der Waals surface area contributed by atoms with Crippen LogP contribution in [-0.2, 0) is 6.18 Å². The first-order chi connectivity index (χ1) is 13.2. The molecule has 3 rings (SSSR count). The molecule has 1 unspecified atom stereocenters. The molecule has 0 aromatic heterocycles. The van der Waals surface area contributed by atoms with Gasteiger partial charge in [0, 0.05) is 11.4 Å². The minimum absolute atomic E-state index is 0.0618. The summed E-state index contributed by atoms with van der Waals surface area (Å²) in [5, 5.41) is 29.2. The SMILES string of the molecule is O=C1SC(=Cc2cc(O)c(O)c(C(F)(F)F)c2)C(O)N1CC1CCCCCC1. The average Bonchev–Trinajstić information content (AvgIpc) is 2.81. The predicted molar refractivity (Wildman–Crippen MR) is 99.6 cm³/mol. The molecule has 154 valence electrons. The fraction of sp³-hybridized carbons (Fsp3) is 0.526. The summed E-state index contributed by atoms with van der Waals surface area (Å²) in [6.07, 6.45) is 1.63. The molecule has 1 aliphatic heterocycles. The lowest BCUT2D eigenvalue weighted by atomic mass is 10.00. The second kappa shape index (κ2) is 8.24. The zero-order valence-electron chi connectivity index (χ0n) is 15.1. The Labute approximate surface area is 164 Å². The molecule has 9 heteroatoms. The van der Waals surface area contributed by atoms with Crippen LogP contribution in [0.4, 0.5) is 18.0 Å². The molecule has 0 spiro atoms. The normalized spacial score (nSPS) is 23.4. The second-order valence-electron chi connectivity index (χ2n) is 7.23. The van der Waals surface area contributed by atoms with E-state index >= 15 is 0 Å². The number of hydrogen-bond acceptors (Lipinski definition) is 5. The van der Waals surface area contributed by atoms with Crippen molar-refractivity contribution in [1.29, 1.82) is 0 Å². The van der Waals surface area contributed by atoms with E-state index in [2.05, 4.69) is 0 Å². The number of alkyl halides is 3. The van der Waals surface area contributed by atoms with Gasteiger partial charge in [0.2, 0.25) is 0 Å². The van der Waals surface area contributed by atoms with Gasteiger partial charge in [0.1, 0.15) is 5.56 Å². The Hall–Kier alpha value is -1.87. The summed E-state index contributed by atoms with van der Waals surface area (Å²) >= 11 is 0.767. The number of thioether (sulfide) groups is 1. The maximum Gasteiger partial charge on any atom is 0.420 e. The van der Waals surface area contributed by atoms with E-state index in [0.717, 1.165) is 43.5 Å². The van der Waals surface area contributed by atoms with Gasteiger partial charge >= 0.3 is 6.18 Å². The molecule has 1 aliphatic carbocycles. The van der Waals surface area contributed by atoms with Crippen molar-refractivity contribution in [3.05, 3.63) is 28.2 Å². The number of aliphatic hydroxyl groups excluding tert-OH is 1. The first-order valence-electron chi connectivity index (χ1n) is 9.18. The Kier molecular flexibility index (Phi) is 6.14. The van der Waals surface area contributed by atoms with E-state index in [1.165, 1.54) is 23.8 Å². The van der Waals surface area contributed by atoms with Crippen LogP contribution in [-0.4, -0.2) is 38.2 Å². The fourth-order valence-corrected chi connectivity index (χ4v) is 4.59. The van der Waals surface area contributed by atoms with Crippen LogP contribution in [0.15, 0.2) is 17.0 Å². The number of carbonyl (C=O) groups is 1. The molecule has 1 aromatic rings. The fourth-order valence-electron chi connectivity index (χ4n) is 3.67. The summed E-state index contributed by atoms with van der Waals surface area (Å²) in [5.41, 5.74) is -1.44. The van der Waals surface area contributed by atoms with Crippen LogP contribution in [0.1, 0.15) is 49.7 Å². The number of hydrogen-bond donors (Lipinski definition) is 3. The molecule has 2 aliphatic rings. The van der Waals surface area contributed by atoms with Crippen molar-refractivity contribution in [2.24, 2.45) is 5.92 Å². The Bertz CT molecular complexity index is 773. The highest BCUT2D eigenvalue weighted by Crippen LogP contribution is 2.43. The highest BCUT2D eigenvalue weighted by molar-refractivity contribution is 8.17. The van der Waals surface area contributed by atoms with Gasteiger partial charge in [-0.2, -0.15) is 13.2 Å². The molecule has 28 heavy (non-hydrogen) atoms. The Morgan fingerprint density at radius 2 is 1.79 bits per heavy atom. The monoisotopic (exact) mass is 417 g/mol. The molecule has 1 saturated carbocycles. The summed E-state index contributed by atoms with van der Waals surface area (Å²) in [6, 6.07) is 1.64. The number of halogens is 3. The number of aromatic hydroxyl groups is 2. The van der Waals surface area contributed by atoms with E-state index in [0.29, 0.717) is 18.5 Å². The molecular formula is C19H22F3NO4S. The Balaban J connectivity index is 1.81. The van der Waals surface area contributed by atoms with Gasteiger partial charge in [0.15, 0.2) is 17.7 Å². The molecule has 5 nitrogen and oxygen atoms in total. The number of rotatable bonds is 3. The standard InChI is InChI=1S/C19H22F3NO4S/c20-19(21,22)13-7-12(8-14(24)16(13)25)9-15-17(26)23(18(27)28-15)10-11-5-3-1-2-4-6-11/h7-9,11,17,24-26H,1-6,10H2. The number of aliphatic hydroxyl groups is 1. The van der Waals surface area contributed by atoms with Crippen molar-refractivity contribution < 1.29 is 33.3 Å². The minimum Gasteiger partial charge on any atom is -0.504 e. The molecule has 1 aromatic carbocycles. The van der Waals surface area contributed by atoms with Crippen LogP contribution in [0.3, 0.4) is 0 Å². The van der Waals surface area contributed by atoms with E-state index in [9.17, 15) is 33.3 Å². The number of amides is 1. The summed E-state index contributed by atoms with van der Waals surface area (Å²) in [7, 11) is 0. The van der Waals surface area contributed by atoms with Crippen LogP contribution in [0, 0.1) is 5.92 Å². The van der Waals surface area contributed by atoms with Crippen LogP contribution in [0.25, 0.3) is 6.08 Å². The molecule has 1 amide bonds. The van der Waals surface area contributed by atoms with Gasteiger partial charge in [-0.05, 0) is 54.3 Å². The quantitative estimate of drug-likeness (QED) is 0.481. The van der Waals surface area contributed by atoms with E-state index in [1.54, 1.807) is 0 Å². The van der Waals surface area contributed by atoms with E-state index < -0.39 is 29.5 Å². The number of carbonyl (C=O) groups excluding carboxylic acids is 1. The number of phenolic OH excluding ortho intramolecular Hbond substituents is 2. The van der Waals surface area contributed by atoms with Crippen molar-refractivity contribution in [2.45, 2.75) is 50.9 Å². The Morgan fingerprint density at radius 1 is 1.14 bits per heavy atom. The molecule has 3 N–H and O–H groups in total. The number of nitrogens with zero attached hydrogens (tertiary/aromatic N) is 1. The molecule has 1 heterocycles. The van der Waals surface area contributed by atoms with Crippen molar-refractivity contribution >= 4 is 23.1 Å². The smallest absolute Gasteiger partial charge is 0.420 e. The van der Waals surface area contributed by atoms with Gasteiger partial charge in [-0.15, -0.1) is 0 Å². The number of benzene rings is 1. The zero-order chi connectivity index (χ0) is 20.5. The first kappa shape index (κ1) is 20.9. The van der Waals surface area contributed by atoms with E-state index in [-0.39, 0.29) is 15.7 Å². The molecular weight excluding hydrogens is 395 g/mol. The lowest BCUT2D eigenvalue weighted by molar-refractivity contribution is -0.138. The second-order valence-corrected chi connectivity index (χ2v) is 8.26. The third kappa shape index (κ3) is 4.57. The molecule has 0 bridgehead atoms. The first-order valence-corrected chi connectivity index (χ1v) is 9.99. The van der Waals surface area contributed by atoms with Crippen molar-refractivity contribution in [2.75, 3.05) is 6.54 Å². The maximum absolute atomic E-state index is 13.0. The lowest BCUT2D eigenvalue weighted by Crippen LogP contribution is -2.36. The third-order valence-electron chi connectivity index (χ3n) is 5.15. The molecule has 2 fully saturated rings. The van der Waals surface area contributed by atoms with Crippen LogP contribution < -0.4 is 0 Å². The topological polar surface area (TPSA) is 81.0 Å². The van der Waals surface area contributed by atoms with Crippen molar-refractivity contribution in [1.82, 2.24) is 4.90 Å². The third-order valence-corrected chi connectivity index (χ3v) is 6.12. The molecule has 1 atom stereocenters.